The lowest BCUT2D eigenvalue weighted by Gasteiger charge is -2.28. The van der Waals surface area contributed by atoms with Crippen molar-refractivity contribution < 1.29 is 17.6 Å². The number of rotatable bonds is 5. The van der Waals surface area contributed by atoms with Gasteiger partial charge in [0, 0.05) is 0 Å². The summed E-state index contributed by atoms with van der Waals surface area (Å²) in [6.45, 7) is 3.69. The van der Waals surface area contributed by atoms with Gasteiger partial charge in [-0.1, -0.05) is 55.1 Å². The minimum absolute atomic E-state index is 0.453. The van der Waals surface area contributed by atoms with E-state index in [1.165, 1.54) is 24.5 Å². The van der Waals surface area contributed by atoms with Crippen LogP contribution in [0.25, 0.3) is 11.1 Å². The van der Waals surface area contributed by atoms with E-state index >= 15 is 0 Å². The van der Waals surface area contributed by atoms with E-state index in [1.54, 1.807) is 6.08 Å². The Morgan fingerprint density at radius 2 is 1.57 bits per heavy atom. The molecule has 4 heteroatoms. The molecular weight excluding hydrogens is 364 g/mol. The summed E-state index contributed by atoms with van der Waals surface area (Å²) in [6, 6.07) is 10.9. The first-order valence-corrected chi connectivity index (χ1v) is 9.63. The number of benzene rings is 2. The second-order valence-electron chi connectivity index (χ2n) is 7.43. The van der Waals surface area contributed by atoms with Gasteiger partial charge in [0.25, 0.3) is 0 Å². The molecule has 0 saturated heterocycles. The Morgan fingerprint density at radius 3 is 2.14 bits per heavy atom. The summed E-state index contributed by atoms with van der Waals surface area (Å²) in [7, 11) is 0. The summed E-state index contributed by atoms with van der Waals surface area (Å²) < 4.78 is 51.9. The summed E-state index contributed by atoms with van der Waals surface area (Å²) in [5.74, 6) is -0.00206. The van der Waals surface area contributed by atoms with Crippen LogP contribution >= 0.6 is 0 Å². The van der Waals surface area contributed by atoms with E-state index in [-0.39, 0.29) is 0 Å². The summed E-state index contributed by atoms with van der Waals surface area (Å²) in [4.78, 5) is 0. The van der Waals surface area contributed by atoms with Crippen LogP contribution in [0.5, 0.6) is 0 Å². The van der Waals surface area contributed by atoms with Gasteiger partial charge in [-0.2, -0.15) is 13.2 Å². The molecule has 0 amide bonds. The standard InChI is InChI=1S/C24H24F4/c1-2-3-4-5-17-6-8-18(9-7-17)19-10-12-20(13-11-19)21-14-15-22(23(25)16-21)24(26,27)28/h2-4,10-18H,1,5-9H2. The van der Waals surface area contributed by atoms with E-state index in [9.17, 15) is 17.6 Å². The predicted octanol–water partition coefficient (Wildman–Crippen LogP) is 7.92. The van der Waals surface area contributed by atoms with Crippen molar-refractivity contribution in [2.75, 3.05) is 0 Å². The van der Waals surface area contributed by atoms with E-state index in [2.05, 4.69) is 12.7 Å². The molecule has 0 nitrogen and oxygen atoms in total. The van der Waals surface area contributed by atoms with E-state index in [1.807, 2.05) is 30.3 Å². The van der Waals surface area contributed by atoms with Crippen LogP contribution in [0.15, 0.2) is 67.3 Å². The molecule has 2 aromatic rings. The lowest BCUT2D eigenvalue weighted by atomic mass is 9.77. The van der Waals surface area contributed by atoms with Crippen molar-refractivity contribution in [1.82, 2.24) is 0 Å². The number of hydrogen-bond acceptors (Lipinski definition) is 0. The maximum Gasteiger partial charge on any atom is 0.419 e. The first-order chi connectivity index (χ1) is 13.4. The average Bonchev–Trinajstić information content (AvgIpc) is 2.68. The molecule has 148 valence electrons. The molecule has 0 spiro atoms. The molecule has 0 N–H and O–H groups in total. The van der Waals surface area contributed by atoms with Gasteiger partial charge in [0.2, 0.25) is 0 Å². The fraction of sp³-hybridized carbons (Fsp3) is 0.333. The first kappa shape index (κ1) is 20.4. The summed E-state index contributed by atoms with van der Waals surface area (Å²) in [6.07, 6.45) is 7.06. The minimum atomic E-state index is -4.67. The zero-order valence-electron chi connectivity index (χ0n) is 15.7. The molecule has 28 heavy (non-hydrogen) atoms. The molecule has 1 aliphatic rings. The Kier molecular flexibility index (Phi) is 6.38. The number of alkyl halides is 3. The van der Waals surface area contributed by atoms with Gasteiger partial charge in [-0.15, -0.1) is 0 Å². The Morgan fingerprint density at radius 1 is 0.929 bits per heavy atom. The Balaban J connectivity index is 1.65. The molecule has 3 rings (SSSR count). The summed E-state index contributed by atoms with van der Waals surface area (Å²) in [5, 5.41) is 0. The largest absolute Gasteiger partial charge is 0.419 e. The third-order valence-electron chi connectivity index (χ3n) is 5.58. The molecule has 0 heterocycles. The first-order valence-electron chi connectivity index (χ1n) is 9.63. The third-order valence-corrected chi connectivity index (χ3v) is 5.58. The van der Waals surface area contributed by atoms with E-state index in [0.29, 0.717) is 11.5 Å². The average molecular weight is 388 g/mol. The van der Waals surface area contributed by atoms with Crippen molar-refractivity contribution in [3.8, 4) is 11.1 Å². The van der Waals surface area contributed by atoms with Crippen molar-refractivity contribution in [3.05, 3.63) is 84.2 Å². The topological polar surface area (TPSA) is 0 Å². The molecule has 0 radical (unpaired) electrons. The van der Waals surface area contributed by atoms with Crippen LogP contribution in [0.1, 0.15) is 49.1 Å². The molecule has 0 aliphatic heterocycles. The van der Waals surface area contributed by atoms with Gasteiger partial charge >= 0.3 is 6.18 Å². The lowest BCUT2D eigenvalue weighted by Crippen LogP contribution is -2.12. The van der Waals surface area contributed by atoms with Gasteiger partial charge in [-0.25, -0.2) is 4.39 Å². The van der Waals surface area contributed by atoms with Crippen LogP contribution in [-0.2, 0) is 6.18 Å². The van der Waals surface area contributed by atoms with Crippen LogP contribution in [0.2, 0.25) is 0 Å². The summed E-state index contributed by atoms with van der Waals surface area (Å²) in [5.41, 5.74) is 1.19. The van der Waals surface area contributed by atoms with Crippen LogP contribution in [-0.4, -0.2) is 0 Å². The minimum Gasteiger partial charge on any atom is -0.206 e. The van der Waals surface area contributed by atoms with Crippen molar-refractivity contribution in [2.24, 2.45) is 5.92 Å². The monoisotopic (exact) mass is 388 g/mol. The highest BCUT2D eigenvalue weighted by Gasteiger charge is 2.34. The number of halogens is 4. The van der Waals surface area contributed by atoms with Gasteiger partial charge in [-0.3, -0.25) is 0 Å². The van der Waals surface area contributed by atoms with E-state index in [4.69, 9.17) is 0 Å². The Labute approximate surface area is 163 Å². The van der Waals surface area contributed by atoms with Crippen molar-refractivity contribution in [1.29, 1.82) is 0 Å². The molecule has 1 aliphatic carbocycles. The van der Waals surface area contributed by atoms with Gasteiger partial charge in [0.1, 0.15) is 5.82 Å². The highest BCUT2D eigenvalue weighted by Crippen LogP contribution is 2.38. The molecule has 0 atom stereocenters. The highest BCUT2D eigenvalue weighted by atomic mass is 19.4. The fourth-order valence-electron chi connectivity index (χ4n) is 3.97. The van der Waals surface area contributed by atoms with Crippen molar-refractivity contribution >= 4 is 0 Å². The third kappa shape index (κ3) is 4.92. The van der Waals surface area contributed by atoms with Gasteiger partial charge in [-0.05, 0) is 72.8 Å². The Hall–Kier alpha value is -2.36. The van der Waals surface area contributed by atoms with Crippen LogP contribution in [0, 0.1) is 11.7 Å². The SMILES string of the molecule is C=CC=CCC1CCC(c2ccc(-c3ccc(C(F)(F)F)c(F)c3)cc2)CC1. The highest BCUT2D eigenvalue weighted by molar-refractivity contribution is 5.64. The molecular formula is C24H24F4. The van der Waals surface area contributed by atoms with E-state index in [0.717, 1.165) is 42.9 Å². The molecule has 0 unspecified atom stereocenters. The second kappa shape index (κ2) is 8.76. The quantitative estimate of drug-likeness (QED) is 0.360. The van der Waals surface area contributed by atoms with Gasteiger partial charge in [0.05, 0.1) is 5.56 Å². The van der Waals surface area contributed by atoms with Gasteiger partial charge < -0.3 is 0 Å². The molecule has 0 aromatic heterocycles. The summed E-state index contributed by atoms with van der Waals surface area (Å²) >= 11 is 0. The lowest BCUT2D eigenvalue weighted by molar-refractivity contribution is -0.139. The molecule has 0 bridgehead atoms. The molecule has 1 fully saturated rings. The smallest absolute Gasteiger partial charge is 0.206 e. The Bertz CT molecular complexity index is 823. The fourth-order valence-corrected chi connectivity index (χ4v) is 3.97. The zero-order chi connectivity index (χ0) is 20.1. The van der Waals surface area contributed by atoms with Crippen molar-refractivity contribution in [3.63, 3.8) is 0 Å². The van der Waals surface area contributed by atoms with Gasteiger partial charge in [0.15, 0.2) is 0 Å². The molecule has 2 aromatic carbocycles. The van der Waals surface area contributed by atoms with Crippen molar-refractivity contribution in [2.45, 2.75) is 44.2 Å². The van der Waals surface area contributed by atoms with Crippen LogP contribution in [0.4, 0.5) is 17.6 Å². The molecule has 1 saturated carbocycles. The predicted molar refractivity (Wildman–Crippen MR) is 105 cm³/mol. The number of allylic oxidation sites excluding steroid dienone is 3. The van der Waals surface area contributed by atoms with Crippen LogP contribution < -0.4 is 0 Å². The maximum atomic E-state index is 13.8. The normalized spacial score (nSPS) is 20.4. The maximum absolute atomic E-state index is 13.8. The second-order valence-corrected chi connectivity index (χ2v) is 7.43. The number of hydrogen-bond donors (Lipinski definition) is 0. The van der Waals surface area contributed by atoms with Crippen LogP contribution in [0.3, 0.4) is 0 Å². The van der Waals surface area contributed by atoms with E-state index < -0.39 is 17.6 Å². The zero-order valence-corrected chi connectivity index (χ0v) is 15.7.